The molecule has 5 heteroatoms. The summed E-state index contributed by atoms with van der Waals surface area (Å²) in [4.78, 5) is 0. The number of nitrogens with two attached hydrogens (primary N) is 1. The fourth-order valence-electron chi connectivity index (χ4n) is 1.90. The number of aromatic nitrogens is 3. The highest BCUT2D eigenvalue weighted by molar-refractivity contribution is 5.26. The van der Waals surface area contributed by atoms with Crippen molar-refractivity contribution in [3.05, 3.63) is 46.8 Å². The number of nitrogens with zero attached hydrogens (tertiary/aromatic N) is 3. The highest BCUT2D eigenvalue weighted by Gasteiger charge is 2.12. The largest absolute Gasteiger partial charge is 0.378 e. The van der Waals surface area contributed by atoms with Gasteiger partial charge in [0.1, 0.15) is 5.69 Å². The minimum atomic E-state index is 0.381. The maximum atomic E-state index is 5.65. The van der Waals surface area contributed by atoms with E-state index in [0.717, 1.165) is 11.4 Å². The minimum Gasteiger partial charge on any atom is -0.378 e. The molecule has 0 atom stereocenters. The Bertz CT molecular complexity index is 521. The van der Waals surface area contributed by atoms with Crippen LogP contribution in [0, 0.1) is 6.92 Å². The zero-order valence-corrected chi connectivity index (χ0v) is 10.8. The second kappa shape index (κ2) is 5.75. The van der Waals surface area contributed by atoms with Gasteiger partial charge in [-0.25, -0.2) is 4.68 Å². The summed E-state index contributed by atoms with van der Waals surface area (Å²) in [5, 5.41) is 8.24. The van der Waals surface area contributed by atoms with Gasteiger partial charge in [-0.2, -0.15) is 0 Å². The van der Waals surface area contributed by atoms with Crippen LogP contribution in [0.2, 0.25) is 0 Å². The van der Waals surface area contributed by atoms with Crippen molar-refractivity contribution in [1.82, 2.24) is 15.0 Å². The van der Waals surface area contributed by atoms with Gasteiger partial charge in [0.25, 0.3) is 0 Å². The predicted octanol–water partition coefficient (Wildman–Crippen LogP) is 1.24. The Kier molecular flexibility index (Phi) is 4.07. The Balaban J connectivity index is 2.29. The minimum absolute atomic E-state index is 0.381. The number of hydrogen-bond acceptors (Lipinski definition) is 4. The average Bonchev–Trinajstić information content (AvgIpc) is 2.75. The van der Waals surface area contributed by atoms with Crippen LogP contribution in [-0.4, -0.2) is 22.1 Å². The molecule has 0 amide bonds. The number of rotatable bonds is 5. The van der Waals surface area contributed by atoms with Crippen LogP contribution in [0.25, 0.3) is 0 Å². The second-order valence-corrected chi connectivity index (χ2v) is 4.20. The number of aryl methyl sites for hydroxylation is 1. The number of ether oxygens (including phenoxy) is 1. The summed E-state index contributed by atoms with van der Waals surface area (Å²) in [5.74, 6) is 0. The molecular weight excluding hydrogens is 228 g/mol. The second-order valence-electron chi connectivity index (χ2n) is 4.20. The Morgan fingerprint density at radius 3 is 2.78 bits per heavy atom. The molecule has 0 saturated heterocycles. The molecule has 1 heterocycles. The molecule has 0 aliphatic carbocycles. The SMILES string of the molecule is COCc1c(CN)nnn1Cc1ccccc1C. The molecule has 0 radical (unpaired) electrons. The molecule has 0 saturated carbocycles. The van der Waals surface area contributed by atoms with Gasteiger partial charge in [-0.3, -0.25) is 0 Å². The fraction of sp³-hybridized carbons (Fsp3) is 0.385. The van der Waals surface area contributed by atoms with E-state index in [4.69, 9.17) is 10.5 Å². The standard InChI is InChI=1S/C13H18N4O/c1-10-5-3-4-6-11(10)8-17-13(9-18-2)12(7-14)15-16-17/h3-6H,7-9,14H2,1-2H3. The van der Waals surface area contributed by atoms with Gasteiger partial charge in [-0.05, 0) is 18.1 Å². The quantitative estimate of drug-likeness (QED) is 0.862. The van der Waals surface area contributed by atoms with Gasteiger partial charge in [0.05, 0.1) is 18.8 Å². The van der Waals surface area contributed by atoms with Crippen LogP contribution in [0.5, 0.6) is 0 Å². The molecule has 2 aromatic rings. The third-order valence-electron chi connectivity index (χ3n) is 2.97. The van der Waals surface area contributed by atoms with Crippen molar-refractivity contribution in [1.29, 1.82) is 0 Å². The van der Waals surface area contributed by atoms with Crippen molar-refractivity contribution >= 4 is 0 Å². The molecule has 0 fully saturated rings. The van der Waals surface area contributed by atoms with E-state index in [9.17, 15) is 0 Å². The molecule has 0 aliphatic heterocycles. The third-order valence-corrected chi connectivity index (χ3v) is 2.97. The molecule has 2 N–H and O–H groups in total. The topological polar surface area (TPSA) is 66.0 Å². The van der Waals surface area contributed by atoms with Gasteiger partial charge in [-0.1, -0.05) is 29.5 Å². The van der Waals surface area contributed by atoms with Gasteiger partial charge >= 0.3 is 0 Å². The van der Waals surface area contributed by atoms with Crippen molar-refractivity contribution in [2.45, 2.75) is 26.6 Å². The normalized spacial score (nSPS) is 10.8. The Morgan fingerprint density at radius 1 is 1.33 bits per heavy atom. The Morgan fingerprint density at radius 2 is 2.11 bits per heavy atom. The summed E-state index contributed by atoms with van der Waals surface area (Å²) in [6.07, 6.45) is 0. The summed E-state index contributed by atoms with van der Waals surface area (Å²) in [6.45, 7) is 3.64. The van der Waals surface area contributed by atoms with Crippen molar-refractivity contribution in [2.75, 3.05) is 7.11 Å². The summed E-state index contributed by atoms with van der Waals surface area (Å²) in [5.41, 5.74) is 9.86. The maximum Gasteiger partial charge on any atom is 0.102 e. The zero-order chi connectivity index (χ0) is 13.0. The van der Waals surface area contributed by atoms with Gasteiger partial charge in [0.2, 0.25) is 0 Å². The third kappa shape index (κ3) is 2.57. The number of methoxy groups -OCH3 is 1. The van der Waals surface area contributed by atoms with Gasteiger partial charge in [0.15, 0.2) is 0 Å². The maximum absolute atomic E-state index is 5.65. The lowest BCUT2D eigenvalue weighted by Crippen LogP contribution is -2.10. The summed E-state index contributed by atoms with van der Waals surface area (Å²) in [6, 6.07) is 8.24. The van der Waals surface area contributed by atoms with Crippen molar-refractivity contribution in [3.8, 4) is 0 Å². The summed E-state index contributed by atoms with van der Waals surface area (Å²) in [7, 11) is 1.66. The smallest absolute Gasteiger partial charge is 0.102 e. The van der Waals surface area contributed by atoms with Crippen molar-refractivity contribution in [3.63, 3.8) is 0 Å². The molecule has 1 aromatic carbocycles. The zero-order valence-electron chi connectivity index (χ0n) is 10.8. The summed E-state index contributed by atoms with van der Waals surface area (Å²) >= 11 is 0. The molecule has 18 heavy (non-hydrogen) atoms. The van der Waals surface area contributed by atoms with Crippen molar-refractivity contribution < 1.29 is 4.74 Å². The lowest BCUT2D eigenvalue weighted by molar-refractivity contribution is 0.176. The molecule has 2 rings (SSSR count). The first-order chi connectivity index (χ1) is 8.76. The van der Waals surface area contributed by atoms with E-state index in [0.29, 0.717) is 19.7 Å². The van der Waals surface area contributed by atoms with E-state index < -0.39 is 0 Å². The van der Waals surface area contributed by atoms with Crippen LogP contribution in [0.1, 0.15) is 22.5 Å². The Hall–Kier alpha value is -1.72. The van der Waals surface area contributed by atoms with Gasteiger partial charge < -0.3 is 10.5 Å². The molecular formula is C13H18N4O. The van der Waals surface area contributed by atoms with Crippen molar-refractivity contribution in [2.24, 2.45) is 5.73 Å². The lowest BCUT2D eigenvalue weighted by atomic mass is 10.1. The first-order valence-electron chi connectivity index (χ1n) is 5.91. The lowest BCUT2D eigenvalue weighted by Gasteiger charge is -2.09. The molecule has 96 valence electrons. The van der Waals surface area contributed by atoms with Crippen LogP contribution in [0.4, 0.5) is 0 Å². The fourth-order valence-corrected chi connectivity index (χ4v) is 1.90. The van der Waals surface area contributed by atoms with E-state index >= 15 is 0 Å². The molecule has 5 nitrogen and oxygen atoms in total. The van der Waals surface area contributed by atoms with Crippen LogP contribution < -0.4 is 5.73 Å². The number of benzene rings is 1. The van der Waals surface area contributed by atoms with Crippen LogP contribution in [0.15, 0.2) is 24.3 Å². The van der Waals surface area contributed by atoms with E-state index in [1.807, 2.05) is 16.8 Å². The highest BCUT2D eigenvalue weighted by atomic mass is 16.5. The molecule has 1 aromatic heterocycles. The first-order valence-corrected chi connectivity index (χ1v) is 5.91. The van der Waals surface area contributed by atoms with Crippen LogP contribution in [0.3, 0.4) is 0 Å². The van der Waals surface area contributed by atoms with Crippen LogP contribution >= 0.6 is 0 Å². The first kappa shape index (κ1) is 12.7. The molecule has 0 unspecified atom stereocenters. The van der Waals surface area contributed by atoms with E-state index in [1.165, 1.54) is 11.1 Å². The molecule has 0 aliphatic rings. The van der Waals surface area contributed by atoms with Gasteiger partial charge in [-0.15, -0.1) is 5.10 Å². The monoisotopic (exact) mass is 246 g/mol. The van der Waals surface area contributed by atoms with E-state index in [1.54, 1.807) is 7.11 Å². The van der Waals surface area contributed by atoms with Crippen LogP contribution in [-0.2, 0) is 24.4 Å². The van der Waals surface area contributed by atoms with E-state index in [2.05, 4.69) is 29.4 Å². The summed E-state index contributed by atoms with van der Waals surface area (Å²) < 4.78 is 7.04. The van der Waals surface area contributed by atoms with Gasteiger partial charge in [0, 0.05) is 13.7 Å². The van der Waals surface area contributed by atoms with E-state index in [-0.39, 0.29) is 0 Å². The molecule has 0 spiro atoms. The Labute approximate surface area is 107 Å². The predicted molar refractivity (Wildman–Crippen MR) is 68.9 cm³/mol. The highest BCUT2D eigenvalue weighted by Crippen LogP contribution is 2.12. The molecule has 0 bridgehead atoms. The number of hydrogen-bond donors (Lipinski definition) is 1. The average molecular weight is 246 g/mol.